The van der Waals surface area contributed by atoms with Gasteiger partial charge in [0.2, 0.25) is 5.91 Å². The van der Waals surface area contributed by atoms with E-state index in [4.69, 9.17) is 4.74 Å². The third kappa shape index (κ3) is 7.79. The molecule has 0 radical (unpaired) electrons. The van der Waals surface area contributed by atoms with E-state index >= 15 is 0 Å². The number of carbonyl (C=O) groups is 2. The lowest BCUT2D eigenvalue weighted by Crippen LogP contribution is -2.53. The molecule has 234 valence electrons. The summed E-state index contributed by atoms with van der Waals surface area (Å²) in [6.45, 7) is 10.9. The van der Waals surface area contributed by atoms with Gasteiger partial charge in [-0.25, -0.2) is 9.18 Å². The summed E-state index contributed by atoms with van der Waals surface area (Å²) in [5, 5.41) is 14.6. The second-order valence-electron chi connectivity index (χ2n) is 10.8. The Morgan fingerprint density at radius 1 is 0.956 bits per heavy atom. The van der Waals surface area contributed by atoms with Crippen molar-refractivity contribution in [1.82, 2.24) is 10.2 Å². The second kappa shape index (κ2) is 15.2. The van der Waals surface area contributed by atoms with E-state index in [2.05, 4.69) is 24.9 Å². The standard InChI is InChI=1S/C36H35FN2O4.C2H6/c1-3-5-26(4-2)27-8-6-25(7-9-27)24-38-34(41)36(30-12-14-31(37)15-13-30)18-20-39(21-19-36)35(42)43-33-17-11-28-10-16-32(40)22-29(28)23-33;1-2/h4-17,22-23,40H,2-3,18-21,24H2,1H3,(H,38,41);1-2H3/b26-5+;. The first-order valence-electron chi connectivity index (χ1n) is 15.5. The first kappa shape index (κ1) is 33.0. The first-order valence-corrected chi connectivity index (χ1v) is 15.5. The van der Waals surface area contributed by atoms with Crippen LogP contribution < -0.4 is 10.1 Å². The molecule has 0 aliphatic carbocycles. The van der Waals surface area contributed by atoms with Gasteiger partial charge in [0.05, 0.1) is 5.41 Å². The number of amides is 2. The van der Waals surface area contributed by atoms with Crippen LogP contribution in [0.25, 0.3) is 16.3 Å². The molecule has 0 atom stereocenters. The number of likely N-dealkylation sites (tertiary alicyclic amines) is 1. The van der Waals surface area contributed by atoms with E-state index in [1.54, 1.807) is 47.4 Å². The molecule has 0 bridgehead atoms. The predicted octanol–water partition coefficient (Wildman–Crippen LogP) is 8.54. The summed E-state index contributed by atoms with van der Waals surface area (Å²) in [5.74, 6) is -0.0404. The number of carbonyl (C=O) groups excluding carboxylic acids is 2. The van der Waals surface area contributed by atoms with Crippen molar-refractivity contribution in [2.24, 2.45) is 0 Å². The first-order chi connectivity index (χ1) is 21.8. The van der Waals surface area contributed by atoms with Crippen LogP contribution in [0, 0.1) is 5.82 Å². The minimum Gasteiger partial charge on any atom is -0.508 e. The number of phenolic OH excluding ortho intramolecular Hbond substituents is 1. The Morgan fingerprint density at radius 3 is 2.27 bits per heavy atom. The van der Waals surface area contributed by atoms with Gasteiger partial charge in [0.1, 0.15) is 17.3 Å². The molecule has 0 aromatic heterocycles. The SMILES string of the molecule is C=C/C(=C\CC)c1ccc(CNC(=O)C2(c3ccc(F)cc3)CCN(C(=O)Oc3ccc4ccc(O)cc4c3)CC2)cc1.CC. The fourth-order valence-electron chi connectivity index (χ4n) is 5.63. The number of phenols is 1. The van der Waals surface area contributed by atoms with Crippen LogP contribution in [0.1, 0.15) is 56.7 Å². The summed E-state index contributed by atoms with van der Waals surface area (Å²) < 4.78 is 19.5. The van der Waals surface area contributed by atoms with Gasteiger partial charge in [0, 0.05) is 19.6 Å². The zero-order chi connectivity index (χ0) is 32.4. The summed E-state index contributed by atoms with van der Waals surface area (Å²) in [4.78, 5) is 28.5. The molecule has 5 rings (SSSR count). The van der Waals surface area contributed by atoms with E-state index in [1.165, 1.54) is 12.1 Å². The molecule has 6 nitrogen and oxygen atoms in total. The highest BCUT2D eigenvalue weighted by Gasteiger charge is 2.44. The van der Waals surface area contributed by atoms with Crippen molar-refractivity contribution >= 4 is 28.3 Å². The van der Waals surface area contributed by atoms with E-state index in [0.29, 0.717) is 43.8 Å². The van der Waals surface area contributed by atoms with Crippen LogP contribution in [0.3, 0.4) is 0 Å². The van der Waals surface area contributed by atoms with Gasteiger partial charge in [-0.1, -0.05) is 88.0 Å². The maximum absolute atomic E-state index is 13.8. The van der Waals surface area contributed by atoms with Crippen LogP contribution in [0.2, 0.25) is 0 Å². The zero-order valence-corrected chi connectivity index (χ0v) is 26.2. The molecule has 2 N–H and O–H groups in total. The number of fused-ring (bicyclic) bond motifs is 1. The Kier molecular flexibility index (Phi) is 11.1. The number of allylic oxidation sites excluding steroid dienone is 3. The topological polar surface area (TPSA) is 78.9 Å². The minimum atomic E-state index is -0.926. The van der Waals surface area contributed by atoms with Gasteiger partial charge in [-0.15, -0.1) is 0 Å². The lowest BCUT2D eigenvalue weighted by molar-refractivity contribution is -0.128. The molecule has 1 saturated heterocycles. The largest absolute Gasteiger partial charge is 0.508 e. The van der Waals surface area contributed by atoms with Crippen LogP contribution in [-0.2, 0) is 16.8 Å². The molecule has 0 unspecified atom stereocenters. The van der Waals surface area contributed by atoms with E-state index < -0.39 is 11.5 Å². The Morgan fingerprint density at radius 2 is 1.62 bits per heavy atom. The highest BCUT2D eigenvalue weighted by molar-refractivity contribution is 5.89. The molecule has 0 saturated carbocycles. The number of piperidine rings is 1. The van der Waals surface area contributed by atoms with Gasteiger partial charge in [0.25, 0.3) is 0 Å². The number of halogens is 1. The average molecular weight is 609 g/mol. The van der Waals surface area contributed by atoms with Crippen molar-refractivity contribution in [3.05, 3.63) is 126 Å². The Balaban J connectivity index is 0.00000226. The average Bonchev–Trinajstić information content (AvgIpc) is 3.07. The second-order valence-corrected chi connectivity index (χ2v) is 10.8. The maximum Gasteiger partial charge on any atom is 0.415 e. The van der Waals surface area contributed by atoms with Crippen molar-refractivity contribution in [2.45, 2.75) is 52.0 Å². The highest BCUT2D eigenvalue weighted by Crippen LogP contribution is 2.37. The highest BCUT2D eigenvalue weighted by atomic mass is 19.1. The quantitative estimate of drug-likeness (QED) is 0.197. The van der Waals surface area contributed by atoms with Gasteiger partial charge in [-0.2, -0.15) is 0 Å². The van der Waals surface area contributed by atoms with Crippen molar-refractivity contribution in [2.75, 3.05) is 13.1 Å². The summed E-state index contributed by atoms with van der Waals surface area (Å²) >= 11 is 0. The van der Waals surface area contributed by atoms with Crippen LogP contribution in [0.15, 0.2) is 104 Å². The monoisotopic (exact) mass is 608 g/mol. The predicted molar refractivity (Wildman–Crippen MR) is 179 cm³/mol. The Labute approximate surface area is 264 Å². The number of hydrogen-bond donors (Lipinski definition) is 2. The van der Waals surface area contributed by atoms with Crippen LogP contribution in [0.5, 0.6) is 11.5 Å². The van der Waals surface area contributed by atoms with Crippen LogP contribution >= 0.6 is 0 Å². The summed E-state index contributed by atoms with van der Waals surface area (Å²) in [5.41, 5.74) is 2.87. The smallest absolute Gasteiger partial charge is 0.415 e. The Hall–Kier alpha value is -4.91. The maximum atomic E-state index is 13.8. The van der Waals surface area contributed by atoms with Crippen molar-refractivity contribution in [3.8, 4) is 11.5 Å². The molecule has 0 spiro atoms. The molecule has 4 aromatic carbocycles. The molecule has 1 fully saturated rings. The lowest BCUT2D eigenvalue weighted by Gasteiger charge is -2.40. The Bertz CT molecular complexity index is 1650. The van der Waals surface area contributed by atoms with Crippen LogP contribution in [-0.4, -0.2) is 35.1 Å². The van der Waals surface area contributed by atoms with Gasteiger partial charge in [-0.3, -0.25) is 4.79 Å². The fourth-order valence-corrected chi connectivity index (χ4v) is 5.63. The zero-order valence-electron chi connectivity index (χ0n) is 26.2. The molecule has 1 aliphatic rings. The molecule has 1 heterocycles. The molecule has 2 amide bonds. The molecule has 7 heteroatoms. The van der Waals surface area contributed by atoms with E-state index in [1.807, 2.05) is 50.3 Å². The van der Waals surface area contributed by atoms with Crippen LogP contribution in [0.4, 0.5) is 9.18 Å². The van der Waals surface area contributed by atoms with Gasteiger partial charge < -0.3 is 20.1 Å². The number of aromatic hydroxyl groups is 1. The van der Waals surface area contributed by atoms with Crippen molar-refractivity contribution in [1.29, 1.82) is 0 Å². The molecular weight excluding hydrogens is 567 g/mol. The van der Waals surface area contributed by atoms with Crippen molar-refractivity contribution in [3.63, 3.8) is 0 Å². The van der Waals surface area contributed by atoms with Gasteiger partial charge >= 0.3 is 6.09 Å². The molecular formula is C38H41FN2O4. The normalized spacial score (nSPS) is 14.2. The number of ether oxygens (including phenoxy) is 1. The lowest BCUT2D eigenvalue weighted by atomic mass is 9.72. The van der Waals surface area contributed by atoms with Gasteiger partial charge in [-0.05, 0) is 88.7 Å². The number of benzene rings is 4. The molecule has 45 heavy (non-hydrogen) atoms. The molecule has 1 aliphatic heterocycles. The van der Waals surface area contributed by atoms with Crippen molar-refractivity contribution < 1.29 is 23.8 Å². The summed E-state index contributed by atoms with van der Waals surface area (Å²) in [6.07, 6.45) is 5.07. The van der Waals surface area contributed by atoms with Gasteiger partial charge in [0.15, 0.2) is 0 Å². The third-order valence-electron chi connectivity index (χ3n) is 8.09. The minimum absolute atomic E-state index is 0.130. The number of nitrogens with zero attached hydrogens (tertiary/aromatic N) is 1. The molecule has 4 aromatic rings. The number of nitrogens with one attached hydrogen (secondary N) is 1. The van der Waals surface area contributed by atoms with E-state index in [9.17, 15) is 19.1 Å². The third-order valence-corrected chi connectivity index (χ3v) is 8.09. The number of rotatable bonds is 8. The van der Waals surface area contributed by atoms with E-state index in [0.717, 1.165) is 33.9 Å². The summed E-state index contributed by atoms with van der Waals surface area (Å²) in [6, 6.07) is 24.3. The fraction of sp³-hybridized carbons (Fsp3) is 0.263. The number of hydrogen-bond acceptors (Lipinski definition) is 4. The van der Waals surface area contributed by atoms with E-state index in [-0.39, 0.29) is 17.5 Å². The summed E-state index contributed by atoms with van der Waals surface area (Å²) in [7, 11) is 0.